The molecule has 5 aromatic rings. The number of nitrogens with zero attached hydrogens (tertiary/aromatic N) is 5. The molecule has 1 fully saturated rings. The first-order valence-corrected chi connectivity index (χ1v) is 12.3. The van der Waals surface area contributed by atoms with Crippen LogP contribution in [0.15, 0.2) is 102 Å². The molecule has 168 valence electrons. The van der Waals surface area contributed by atoms with E-state index < -0.39 is 0 Å². The maximum atomic E-state index is 4.81. The highest BCUT2D eigenvalue weighted by molar-refractivity contribution is 9.10. The molecular weight excluding hydrogens is 486 g/mol. The van der Waals surface area contributed by atoms with Crippen LogP contribution < -0.4 is 9.80 Å². The van der Waals surface area contributed by atoms with Crippen LogP contribution in [0.1, 0.15) is 0 Å². The first kappa shape index (κ1) is 20.9. The molecule has 0 spiro atoms. The van der Waals surface area contributed by atoms with Gasteiger partial charge in [-0.2, -0.15) is 0 Å². The van der Waals surface area contributed by atoms with E-state index in [-0.39, 0.29) is 0 Å². The Kier molecular flexibility index (Phi) is 5.51. The lowest BCUT2D eigenvalue weighted by Crippen LogP contribution is -2.46. The van der Waals surface area contributed by atoms with Crippen molar-refractivity contribution in [3.63, 3.8) is 0 Å². The highest BCUT2D eigenvalue weighted by atomic mass is 79.9. The van der Waals surface area contributed by atoms with E-state index in [1.807, 2.05) is 0 Å². The van der Waals surface area contributed by atoms with Gasteiger partial charge in [0.25, 0.3) is 0 Å². The second-order valence-electron chi connectivity index (χ2n) is 8.46. The summed E-state index contributed by atoms with van der Waals surface area (Å²) < 4.78 is 3.23. The predicted molar refractivity (Wildman–Crippen MR) is 143 cm³/mol. The van der Waals surface area contributed by atoms with Crippen LogP contribution in [0, 0.1) is 0 Å². The normalized spacial score (nSPS) is 14.0. The van der Waals surface area contributed by atoms with Crippen LogP contribution in [0.3, 0.4) is 0 Å². The fraction of sp³-hybridized carbons (Fsp3) is 0.143. The summed E-state index contributed by atoms with van der Waals surface area (Å²) >= 11 is 3.55. The van der Waals surface area contributed by atoms with Crippen LogP contribution >= 0.6 is 15.9 Å². The summed E-state index contributed by atoms with van der Waals surface area (Å²) in [5, 5.41) is 1.10. The number of aromatic nitrogens is 3. The zero-order valence-electron chi connectivity index (χ0n) is 18.7. The molecule has 0 aliphatic carbocycles. The van der Waals surface area contributed by atoms with Crippen molar-refractivity contribution in [2.24, 2.45) is 0 Å². The zero-order valence-corrected chi connectivity index (χ0v) is 20.3. The lowest BCUT2D eigenvalue weighted by atomic mass is 10.1. The van der Waals surface area contributed by atoms with Crippen molar-refractivity contribution in [3.05, 3.63) is 102 Å². The summed E-state index contributed by atoms with van der Waals surface area (Å²) in [6.07, 6.45) is 3.90. The van der Waals surface area contributed by atoms with E-state index in [1.54, 1.807) is 6.33 Å². The Hall–Kier alpha value is -3.64. The summed E-state index contributed by atoms with van der Waals surface area (Å²) in [6.45, 7) is 3.75. The van der Waals surface area contributed by atoms with Gasteiger partial charge in [-0.05, 0) is 42.0 Å². The third-order valence-corrected chi connectivity index (χ3v) is 6.98. The Morgan fingerprint density at radius 2 is 1.29 bits per heavy atom. The van der Waals surface area contributed by atoms with Gasteiger partial charge >= 0.3 is 0 Å². The Bertz CT molecular complexity index is 1410. The average molecular weight is 510 g/mol. The molecule has 0 unspecified atom stereocenters. The van der Waals surface area contributed by atoms with E-state index >= 15 is 0 Å². The second kappa shape index (κ2) is 8.95. The Morgan fingerprint density at radius 3 is 2.00 bits per heavy atom. The number of piperazine rings is 1. The van der Waals surface area contributed by atoms with Crippen molar-refractivity contribution < 1.29 is 0 Å². The van der Waals surface area contributed by atoms with Gasteiger partial charge in [0.2, 0.25) is 0 Å². The molecule has 0 atom stereocenters. The van der Waals surface area contributed by atoms with Gasteiger partial charge in [0.1, 0.15) is 12.1 Å². The molecule has 34 heavy (non-hydrogen) atoms. The number of hydrogen-bond donors (Lipinski definition) is 0. The summed E-state index contributed by atoms with van der Waals surface area (Å²) in [6, 6.07) is 29.5. The van der Waals surface area contributed by atoms with E-state index in [0.29, 0.717) is 0 Å². The van der Waals surface area contributed by atoms with E-state index in [9.17, 15) is 0 Å². The molecule has 3 heterocycles. The van der Waals surface area contributed by atoms with Gasteiger partial charge in [0.15, 0.2) is 5.65 Å². The topological polar surface area (TPSA) is 37.2 Å². The Balaban J connectivity index is 1.43. The molecule has 0 saturated carbocycles. The zero-order chi connectivity index (χ0) is 22.9. The average Bonchev–Trinajstić information content (AvgIpc) is 3.30. The molecule has 6 rings (SSSR count). The summed E-state index contributed by atoms with van der Waals surface area (Å²) in [7, 11) is 0. The quantitative estimate of drug-likeness (QED) is 0.290. The Labute approximate surface area is 207 Å². The fourth-order valence-electron chi connectivity index (χ4n) is 4.74. The molecule has 1 aliphatic heterocycles. The minimum atomic E-state index is 0.915. The lowest BCUT2D eigenvalue weighted by Gasteiger charge is -2.37. The maximum Gasteiger partial charge on any atom is 0.150 e. The molecule has 6 heteroatoms. The van der Waals surface area contributed by atoms with Crippen LogP contribution in [-0.2, 0) is 0 Å². The van der Waals surface area contributed by atoms with Gasteiger partial charge in [-0.3, -0.25) is 0 Å². The van der Waals surface area contributed by atoms with Gasteiger partial charge in [-0.25, -0.2) is 9.97 Å². The summed E-state index contributed by atoms with van der Waals surface area (Å²) in [5.41, 5.74) is 5.61. The lowest BCUT2D eigenvalue weighted by molar-refractivity contribution is 0.649. The van der Waals surface area contributed by atoms with E-state index in [0.717, 1.165) is 58.8 Å². The van der Waals surface area contributed by atoms with E-state index in [1.165, 1.54) is 11.3 Å². The summed E-state index contributed by atoms with van der Waals surface area (Å²) in [5.74, 6) is 1.01. The first-order valence-electron chi connectivity index (χ1n) is 11.5. The van der Waals surface area contributed by atoms with Crippen molar-refractivity contribution in [1.29, 1.82) is 0 Å². The first-order chi connectivity index (χ1) is 16.8. The van der Waals surface area contributed by atoms with Crippen molar-refractivity contribution in [2.45, 2.75) is 0 Å². The minimum absolute atomic E-state index is 0.915. The number of rotatable bonds is 4. The SMILES string of the molecule is Brc1ccc(-n2cc(-c3ccccc3)c3c(N4CCN(c5ccccc5)CC4)ncnc32)cc1. The van der Waals surface area contributed by atoms with Gasteiger partial charge in [-0.15, -0.1) is 0 Å². The summed E-state index contributed by atoms with van der Waals surface area (Å²) in [4.78, 5) is 14.4. The molecule has 2 aromatic heterocycles. The number of anilines is 2. The third-order valence-electron chi connectivity index (χ3n) is 6.45. The number of fused-ring (bicyclic) bond motifs is 1. The highest BCUT2D eigenvalue weighted by Crippen LogP contribution is 2.37. The monoisotopic (exact) mass is 509 g/mol. The molecular formula is C28H24BrN5. The van der Waals surface area contributed by atoms with Crippen molar-refractivity contribution in [3.8, 4) is 16.8 Å². The number of hydrogen-bond acceptors (Lipinski definition) is 4. The third kappa shape index (κ3) is 3.84. The smallest absolute Gasteiger partial charge is 0.150 e. The maximum absolute atomic E-state index is 4.81. The molecule has 0 radical (unpaired) electrons. The van der Waals surface area contributed by atoms with Gasteiger partial charge < -0.3 is 14.4 Å². The molecule has 3 aromatic carbocycles. The highest BCUT2D eigenvalue weighted by Gasteiger charge is 2.24. The largest absolute Gasteiger partial charge is 0.368 e. The molecule has 1 saturated heterocycles. The molecule has 5 nitrogen and oxygen atoms in total. The molecule has 1 aliphatic rings. The van der Waals surface area contributed by atoms with Crippen LogP contribution in [0.2, 0.25) is 0 Å². The molecule has 0 N–H and O–H groups in total. The second-order valence-corrected chi connectivity index (χ2v) is 9.38. The Morgan fingerprint density at radius 1 is 0.647 bits per heavy atom. The van der Waals surface area contributed by atoms with Gasteiger partial charge in [0, 0.05) is 53.8 Å². The van der Waals surface area contributed by atoms with Crippen LogP contribution in [0.25, 0.3) is 27.8 Å². The predicted octanol–water partition coefficient (Wildman–Crippen LogP) is 6.18. The van der Waals surface area contributed by atoms with Gasteiger partial charge in [0.05, 0.1) is 5.39 Å². The minimum Gasteiger partial charge on any atom is -0.368 e. The van der Waals surface area contributed by atoms with Crippen molar-refractivity contribution in [2.75, 3.05) is 36.0 Å². The molecule has 0 bridgehead atoms. The van der Waals surface area contributed by atoms with Crippen molar-refractivity contribution in [1.82, 2.24) is 14.5 Å². The van der Waals surface area contributed by atoms with Crippen LogP contribution in [-0.4, -0.2) is 40.7 Å². The van der Waals surface area contributed by atoms with Crippen LogP contribution in [0.4, 0.5) is 11.5 Å². The fourth-order valence-corrected chi connectivity index (χ4v) is 5.00. The number of para-hydroxylation sites is 1. The van der Waals surface area contributed by atoms with E-state index in [4.69, 9.17) is 9.97 Å². The molecule has 0 amide bonds. The van der Waals surface area contributed by atoms with E-state index in [2.05, 4.69) is 121 Å². The van der Waals surface area contributed by atoms with Crippen LogP contribution in [0.5, 0.6) is 0 Å². The standard InChI is InChI=1S/C28H24BrN5/c29-22-11-13-24(14-12-22)34-19-25(21-7-3-1-4-8-21)26-27(30-20-31-28(26)34)33-17-15-32(16-18-33)23-9-5-2-6-10-23/h1-14,19-20H,15-18H2. The number of benzene rings is 3. The van der Waals surface area contributed by atoms with Crippen molar-refractivity contribution >= 4 is 38.5 Å². The van der Waals surface area contributed by atoms with Gasteiger partial charge in [-0.1, -0.05) is 64.5 Å². The number of halogens is 1.